The maximum Gasteiger partial charge on any atom is 0.225 e. The molecule has 0 radical (unpaired) electrons. The summed E-state index contributed by atoms with van der Waals surface area (Å²) in [6.45, 7) is 8.85. The Hall–Kier alpha value is -2.42. The molecule has 2 heterocycles. The largest absolute Gasteiger partial charge is 0.497 e. The Morgan fingerprint density at radius 1 is 1.38 bits per heavy atom. The minimum absolute atomic E-state index is 0.0635. The Bertz CT molecular complexity index is 813. The summed E-state index contributed by atoms with van der Waals surface area (Å²) in [7, 11) is 1.55. The molecule has 7 nitrogen and oxygen atoms in total. The number of ether oxygens (including phenoxy) is 1. The van der Waals surface area contributed by atoms with Crippen molar-refractivity contribution >= 4 is 28.2 Å². The molecule has 1 aliphatic heterocycles. The lowest BCUT2D eigenvalue weighted by molar-refractivity contribution is -0.132. The number of methoxy groups -OCH3 is 1. The van der Waals surface area contributed by atoms with Crippen LogP contribution in [0.5, 0.6) is 0 Å². The van der Waals surface area contributed by atoms with E-state index in [0.29, 0.717) is 38.2 Å². The van der Waals surface area contributed by atoms with Crippen LogP contribution in [0.4, 0.5) is 5.00 Å². The first kappa shape index (κ1) is 22.9. The van der Waals surface area contributed by atoms with E-state index < -0.39 is 0 Å². The smallest absolute Gasteiger partial charge is 0.225 e. The van der Waals surface area contributed by atoms with Gasteiger partial charge in [-0.05, 0) is 30.1 Å². The standard InChI is InChI=1S/C21H29N3O4S/c1-4-5-17(28-3)14(2)6-7-19(26)23-21-16(12-22)15-8-10-24(13-18(15)29-21)20(27)9-11-25/h4-5,25H,1-2,6-13,22H2,3H3,(H,23,26)/b17-5+. The minimum Gasteiger partial charge on any atom is -0.497 e. The van der Waals surface area contributed by atoms with Gasteiger partial charge in [0.1, 0.15) is 5.76 Å². The summed E-state index contributed by atoms with van der Waals surface area (Å²) < 4.78 is 5.24. The van der Waals surface area contributed by atoms with Crippen LogP contribution < -0.4 is 11.1 Å². The Morgan fingerprint density at radius 3 is 2.76 bits per heavy atom. The molecule has 0 saturated heterocycles. The zero-order chi connectivity index (χ0) is 21.4. The molecule has 2 amide bonds. The van der Waals surface area contributed by atoms with Gasteiger partial charge < -0.3 is 25.8 Å². The number of aliphatic hydroxyl groups excluding tert-OH is 1. The summed E-state index contributed by atoms with van der Waals surface area (Å²) in [6, 6.07) is 0. The van der Waals surface area contributed by atoms with Gasteiger partial charge in [0, 0.05) is 36.4 Å². The van der Waals surface area contributed by atoms with Crippen LogP contribution in [0, 0.1) is 0 Å². The number of hydrogen-bond donors (Lipinski definition) is 3. The van der Waals surface area contributed by atoms with E-state index in [-0.39, 0.29) is 31.3 Å². The maximum absolute atomic E-state index is 12.5. The number of carbonyl (C=O) groups is 2. The lowest BCUT2D eigenvalue weighted by Gasteiger charge is -2.27. The fraction of sp³-hybridized carbons (Fsp3) is 0.429. The average molecular weight is 420 g/mol. The first-order valence-corrected chi connectivity index (χ1v) is 10.3. The highest BCUT2D eigenvalue weighted by Gasteiger charge is 2.26. The fourth-order valence-electron chi connectivity index (χ4n) is 3.27. The molecule has 0 aliphatic carbocycles. The number of fused-ring (bicyclic) bond motifs is 1. The molecule has 1 aliphatic rings. The zero-order valence-electron chi connectivity index (χ0n) is 16.8. The van der Waals surface area contributed by atoms with Gasteiger partial charge in [0.25, 0.3) is 0 Å². The van der Waals surface area contributed by atoms with Crippen molar-refractivity contribution in [2.24, 2.45) is 5.73 Å². The van der Waals surface area contributed by atoms with Crippen molar-refractivity contribution in [3.05, 3.63) is 52.6 Å². The third-order valence-corrected chi connectivity index (χ3v) is 5.97. The SMILES string of the molecule is C=C/C=C(/OC)C(=C)CCC(=O)Nc1sc2c(c1CN)CCN(C(=O)CCO)C2. The number of nitrogens with one attached hydrogen (secondary N) is 1. The van der Waals surface area contributed by atoms with Crippen molar-refractivity contribution in [3.63, 3.8) is 0 Å². The number of rotatable bonds is 10. The summed E-state index contributed by atoms with van der Waals surface area (Å²) in [5, 5.41) is 12.7. The monoisotopic (exact) mass is 419 g/mol. The Balaban J connectivity index is 2.04. The predicted molar refractivity (Wildman–Crippen MR) is 115 cm³/mol. The number of allylic oxidation sites excluding steroid dienone is 3. The van der Waals surface area contributed by atoms with Crippen LogP contribution in [0.25, 0.3) is 0 Å². The number of anilines is 1. The van der Waals surface area contributed by atoms with Gasteiger partial charge in [0.15, 0.2) is 0 Å². The van der Waals surface area contributed by atoms with Crippen LogP contribution in [0.2, 0.25) is 0 Å². The molecule has 158 valence electrons. The number of nitrogens with two attached hydrogens (primary N) is 1. The first-order chi connectivity index (χ1) is 13.9. The highest BCUT2D eigenvalue weighted by atomic mass is 32.1. The molecule has 0 saturated carbocycles. The van der Waals surface area contributed by atoms with Gasteiger partial charge in [-0.1, -0.05) is 19.2 Å². The third kappa shape index (κ3) is 5.79. The van der Waals surface area contributed by atoms with Crippen LogP contribution in [-0.2, 0) is 33.8 Å². The number of carbonyl (C=O) groups excluding carboxylic acids is 2. The van der Waals surface area contributed by atoms with Crippen molar-refractivity contribution in [2.75, 3.05) is 25.6 Å². The van der Waals surface area contributed by atoms with E-state index >= 15 is 0 Å². The van der Waals surface area contributed by atoms with Crippen LogP contribution in [0.15, 0.2) is 36.6 Å². The molecular weight excluding hydrogens is 390 g/mol. The zero-order valence-corrected chi connectivity index (χ0v) is 17.6. The number of aliphatic hydroxyl groups is 1. The fourth-order valence-corrected chi connectivity index (χ4v) is 4.58. The number of hydrogen-bond acceptors (Lipinski definition) is 6. The van der Waals surface area contributed by atoms with E-state index in [0.717, 1.165) is 26.6 Å². The summed E-state index contributed by atoms with van der Waals surface area (Å²) in [5.74, 6) is 0.419. The van der Waals surface area contributed by atoms with Gasteiger partial charge >= 0.3 is 0 Å². The molecule has 0 unspecified atom stereocenters. The van der Waals surface area contributed by atoms with Gasteiger partial charge in [0.2, 0.25) is 11.8 Å². The van der Waals surface area contributed by atoms with Crippen molar-refractivity contribution < 1.29 is 19.4 Å². The van der Waals surface area contributed by atoms with E-state index in [1.807, 2.05) is 0 Å². The molecule has 0 spiro atoms. The summed E-state index contributed by atoms with van der Waals surface area (Å²) in [6.07, 6.45) is 4.88. The Kier molecular flexibility index (Phi) is 8.63. The molecule has 0 bridgehead atoms. The molecule has 4 N–H and O–H groups in total. The van der Waals surface area contributed by atoms with Crippen molar-refractivity contribution in [3.8, 4) is 0 Å². The number of amides is 2. The van der Waals surface area contributed by atoms with Gasteiger partial charge in [0.05, 0.1) is 25.3 Å². The highest BCUT2D eigenvalue weighted by Crippen LogP contribution is 2.37. The Morgan fingerprint density at radius 2 is 2.14 bits per heavy atom. The van der Waals surface area contributed by atoms with Crippen molar-refractivity contribution in [1.29, 1.82) is 0 Å². The second-order valence-corrected chi connectivity index (χ2v) is 7.78. The van der Waals surface area contributed by atoms with Crippen molar-refractivity contribution in [2.45, 2.75) is 38.8 Å². The van der Waals surface area contributed by atoms with E-state index in [2.05, 4.69) is 18.5 Å². The highest BCUT2D eigenvalue weighted by molar-refractivity contribution is 7.16. The minimum atomic E-state index is -0.153. The first-order valence-electron chi connectivity index (χ1n) is 9.51. The molecule has 1 aromatic heterocycles. The second-order valence-electron chi connectivity index (χ2n) is 6.68. The van der Waals surface area contributed by atoms with Crippen LogP contribution in [0.1, 0.15) is 35.3 Å². The third-order valence-electron chi connectivity index (χ3n) is 4.79. The molecule has 2 rings (SSSR count). The lowest BCUT2D eigenvalue weighted by Crippen LogP contribution is -2.35. The quantitative estimate of drug-likeness (QED) is 0.399. The van der Waals surface area contributed by atoms with Crippen molar-refractivity contribution in [1.82, 2.24) is 4.90 Å². The predicted octanol–water partition coefficient (Wildman–Crippen LogP) is 2.47. The number of thiophene rings is 1. The van der Waals surface area contributed by atoms with Gasteiger partial charge in [-0.3, -0.25) is 9.59 Å². The van der Waals surface area contributed by atoms with E-state index in [9.17, 15) is 9.59 Å². The van der Waals surface area contributed by atoms with Gasteiger partial charge in [-0.2, -0.15) is 0 Å². The van der Waals surface area contributed by atoms with Crippen LogP contribution in [-0.4, -0.2) is 42.1 Å². The molecule has 8 heteroatoms. The van der Waals surface area contributed by atoms with E-state index in [1.165, 1.54) is 11.3 Å². The van der Waals surface area contributed by atoms with Gasteiger partial charge in [-0.15, -0.1) is 11.3 Å². The summed E-state index contributed by atoms with van der Waals surface area (Å²) in [4.78, 5) is 27.3. The molecule has 1 aromatic rings. The van der Waals surface area contributed by atoms with Gasteiger partial charge in [-0.25, -0.2) is 0 Å². The summed E-state index contributed by atoms with van der Waals surface area (Å²) in [5.41, 5.74) is 8.74. The van der Waals surface area contributed by atoms with E-state index in [4.69, 9.17) is 15.6 Å². The molecule has 0 fully saturated rings. The Labute approximate surface area is 175 Å². The maximum atomic E-state index is 12.5. The molecule has 0 atom stereocenters. The molecular formula is C21H29N3O4S. The average Bonchev–Trinajstić information content (AvgIpc) is 3.06. The van der Waals surface area contributed by atoms with E-state index in [1.54, 1.807) is 24.2 Å². The lowest BCUT2D eigenvalue weighted by atomic mass is 10.0. The topological polar surface area (TPSA) is 105 Å². The number of nitrogens with zero attached hydrogens (tertiary/aromatic N) is 1. The van der Waals surface area contributed by atoms with Crippen LogP contribution >= 0.6 is 11.3 Å². The summed E-state index contributed by atoms with van der Waals surface area (Å²) >= 11 is 1.47. The normalized spacial score (nSPS) is 13.6. The molecule has 0 aromatic carbocycles. The second kappa shape index (κ2) is 10.9. The van der Waals surface area contributed by atoms with Crippen LogP contribution in [0.3, 0.4) is 0 Å². The molecule has 29 heavy (non-hydrogen) atoms.